The minimum atomic E-state index is -0.675. The number of aromatic nitrogens is 3. The van der Waals surface area contributed by atoms with E-state index < -0.39 is 11.6 Å². The van der Waals surface area contributed by atoms with E-state index in [1.165, 1.54) is 29.8 Å². The Bertz CT molecular complexity index is 999. The second-order valence-corrected chi connectivity index (χ2v) is 5.61. The molecule has 0 aliphatic heterocycles. The van der Waals surface area contributed by atoms with Crippen LogP contribution in [0.1, 0.15) is 0 Å². The fraction of sp³-hybridized carbons (Fsp3) is 0. The van der Waals surface area contributed by atoms with Crippen molar-refractivity contribution < 1.29 is 8.78 Å². The van der Waals surface area contributed by atoms with E-state index in [-0.39, 0.29) is 5.69 Å². The minimum Gasteiger partial charge on any atom is -0.337 e. The lowest BCUT2D eigenvalue weighted by molar-refractivity contribution is 0.586. The second-order valence-electron chi connectivity index (χ2n) is 4.61. The molecule has 0 fully saturated rings. The standard InChI is InChI=1S/C15H8F2N4S/c16-8-3-4-11(10(17)6-8)21-14-13-12(19-7-20-14)9-2-1-5-18-15(9)22-13/h1-7H,(H,19,20,21). The maximum Gasteiger partial charge on any atom is 0.152 e. The molecule has 0 saturated carbocycles. The van der Waals surface area contributed by atoms with Crippen molar-refractivity contribution in [2.24, 2.45) is 0 Å². The molecule has 108 valence electrons. The highest BCUT2D eigenvalue weighted by Gasteiger charge is 2.13. The molecule has 22 heavy (non-hydrogen) atoms. The van der Waals surface area contributed by atoms with Gasteiger partial charge in [0.2, 0.25) is 0 Å². The molecule has 4 rings (SSSR count). The normalized spacial score (nSPS) is 11.2. The van der Waals surface area contributed by atoms with Crippen LogP contribution < -0.4 is 5.32 Å². The number of halogens is 2. The van der Waals surface area contributed by atoms with Crippen LogP contribution in [0.3, 0.4) is 0 Å². The molecular formula is C15H8F2N4S. The molecule has 0 radical (unpaired) electrons. The summed E-state index contributed by atoms with van der Waals surface area (Å²) >= 11 is 1.42. The van der Waals surface area contributed by atoms with Crippen LogP contribution in [0.5, 0.6) is 0 Å². The van der Waals surface area contributed by atoms with E-state index in [4.69, 9.17) is 0 Å². The summed E-state index contributed by atoms with van der Waals surface area (Å²) in [5.41, 5.74) is 0.917. The van der Waals surface area contributed by atoms with E-state index in [1.807, 2.05) is 12.1 Å². The average Bonchev–Trinajstić information content (AvgIpc) is 2.90. The van der Waals surface area contributed by atoms with Crippen LogP contribution in [0.2, 0.25) is 0 Å². The van der Waals surface area contributed by atoms with Crippen LogP contribution in [0.4, 0.5) is 20.3 Å². The fourth-order valence-electron chi connectivity index (χ4n) is 2.22. The van der Waals surface area contributed by atoms with E-state index >= 15 is 0 Å². The molecule has 1 aromatic carbocycles. The van der Waals surface area contributed by atoms with E-state index in [2.05, 4.69) is 20.3 Å². The first kappa shape index (κ1) is 13.0. The van der Waals surface area contributed by atoms with Crippen molar-refractivity contribution in [1.29, 1.82) is 0 Å². The predicted octanol–water partition coefficient (Wildman–Crippen LogP) is 4.26. The number of pyridine rings is 1. The molecular weight excluding hydrogens is 306 g/mol. The highest BCUT2D eigenvalue weighted by Crippen LogP contribution is 2.35. The number of nitrogens with one attached hydrogen (secondary N) is 1. The molecule has 0 amide bonds. The van der Waals surface area contributed by atoms with Gasteiger partial charge in [0.05, 0.1) is 15.9 Å². The van der Waals surface area contributed by atoms with Gasteiger partial charge in [-0.2, -0.15) is 0 Å². The Morgan fingerprint density at radius 1 is 1.05 bits per heavy atom. The van der Waals surface area contributed by atoms with Gasteiger partial charge in [-0.15, -0.1) is 11.3 Å². The van der Waals surface area contributed by atoms with Crippen molar-refractivity contribution >= 4 is 43.3 Å². The third kappa shape index (κ3) is 2.06. The van der Waals surface area contributed by atoms with Gasteiger partial charge in [-0.25, -0.2) is 23.7 Å². The van der Waals surface area contributed by atoms with Gasteiger partial charge in [-0.3, -0.25) is 0 Å². The van der Waals surface area contributed by atoms with E-state index in [0.29, 0.717) is 5.82 Å². The molecule has 4 aromatic rings. The predicted molar refractivity (Wildman–Crippen MR) is 82.4 cm³/mol. The Labute approximate surface area is 127 Å². The van der Waals surface area contributed by atoms with Gasteiger partial charge < -0.3 is 5.32 Å². The van der Waals surface area contributed by atoms with Crippen molar-refractivity contribution in [3.05, 3.63) is 54.5 Å². The number of anilines is 2. The first-order valence-corrected chi connectivity index (χ1v) is 7.24. The number of nitrogens with zero attached hydrogens (tertiary/aromatic N) is 3. The summed E-state index contributed by atoms with van der Waals surface area (Å²) in [7, 11) is 0. The van der Waals surface area contributed by atoms with E-state index in [0.717, 1.165) is 26.5 Å². The molecule has 0 atom stereocenters. The number of rotatable bonds is 2. The molecule has 0 unspecified atom stereocenters. The molecule has 0 aliphatic rings. The summed E-state index contributed by atoms with van der Waals surface area (Å²) in [5.74, 6) is -0.827. The molecule has 0 aliphatic carbocycles. The van der Waals surface area contributed by atoms with Crippen molar-refractivity contribution in [1.82, 2.24) is 15.0 Å². The maximum atomic E-state index is 13.8. The van der Waals surface area contributed by atoms with E-state index in [9.17, 15) is 8.78 Å². The van der Waals surface area contributed by atoms with E-state index in [1.54, 1.807) is 6.20 Å². The Morgan fingerprint density at radius 3 is 2.82 bits per heavy atom. The van der Waals surface area contributed by atoms with Crippen LogP contribution in [0.25, 0.3) is 20.4 Å². The molecule has 7 heteroatoms. The Kier molecular flexibility index (Phi) is 2.93. The van der Waals surface area contributed by atoms with Gasteiger partial charge in [-0.1, -0.05) is 0 Å². The summed E-state index contributed by atoms with van der Waals surface area (Å²) in [4.78, 5) is 13.6. The van der Waals surface area contributed by atoms with Crippen LogP contribution >= 0.6 is 11.3 Å². The Balaban J connectivity index is 1.88. The summed E-state index contributed by atoms with van der Waals surface area (Å²) in [6, 6.07) is 7.12. The quantitative estimate of drug-likeness (QED) is 0.600. The van der Waals surface area contributed by atoms with Gasteiger partial charge in [-0.05, 0) is 24.3 Å². The summed E-state index contributed by atoms with van der Waals surface area (Å²) in [5, 5.41) is 3.82. The average molecular weight is 314 g/mol. The monoisotopic (exact) mass is 314 g/mol. The van der Waals surface area contributed by atoms with Crippen LogP contribution in [0.15, 0.2) is 42.9 Å². The topological polar surface area (TPSA) is 50.7 Å². The lowest BCUT2D eigenvalue weighted by Gasteiger charge is -2.07. The smallest absolute Gasteiger partial charge is 0.152 e. The molecule has 3 aromatic heterocycles. The zero-order valence-electron chi connectivity index (χ0n) is 11.0. The maximum absolute atomic E-state index is 13.8. The molecule has 0 spiro atoms. The highest BCUT2D eigenvalue weighted by molar-refractivity contribution is 7.25. The number of thiophene rings is 1. The van der Waals surface area contributed by atoms with Gasteiger partial charge >= 0.3 is 0 Å². The fourth-order valence-corrected chi connectivity index (χ4v) is 3.26. The SMILES string of the molecule is Fc1ccc(Nc2ncnc3c2sc2ncccc23)c(F)c1. The zero-order valence-corrected chi connectivity index (χ0v) is 11.9. The summed E-state index contributed by atoms with van der Waals surface area (Å²) < 4.78 is 27.5. The molecule has 3 heterocycles. The van der Waals surface area contributed by atoms with Crippen LogP contribution in [0, 0.1) is 11.6 Å². The lowest BCUT2D eigenvalue weighted by Crippen LogP contribution is -1.97. The molecule has 0 saturated heterocycles. The third-order valence-corrected chi connectivity index (χ3v) is 4.32. The number of hydrogen-bond donors (Lipinski definition) is 1. The Morgan fingerprint density at radius 2 is 1.95 bits per heavy atom. The summed E-state index contributed by atoms with van der Waals surface area (Å²) in [6.07, 6.45) is 3.11. The molecule has 4 nitrogen and oxygen atoms in total. The highest BCUT2D eigenvalue weighted by atomic mass is 32.1. The Hall–Kier alpha value is -2.67. The lowest BCUT2D eigenvalue weighted by atomic mass is 10.2. The third-order valence-electron chi connectivity index (χ3n) is 3.21. The molecule has 1 N–H and O–H groups in total. The van der Waals surface area contributed by atoms with Gasteiger partial charge in [0, 0.05) is 17.6 Å². The first-order chi connectivity index (χ1) is 10.7. The van der Waals surface area contributed by atoms with Gasteiger partial charge in [0.1, 0.15) is 22.8 Å². The number of benzene rings is 1. The van der Waals surface area contributed by atoms with Gasteiger partial charge in [0.15, 0.2) is 5.82 Å². The summed E-state index contributed by atoms with van der Waals surface area (Å²) in [6.45, 7) is 0. The number of fused-ring (bicyclic) bond motifs is 3. The van der Waals surface area contributed by atoms with Crippen LogP contribution in [-0.4, -0.2) is 15.0 Å². The van der Waals surface area contributed by atoms with Crippen molar-refractivity contribution in [2.75, 3.05) is 5.32 Å². The van der Waals surface area contributed by atoms with Crippen molar-refractivity contribution in [2.45, 2.75) is 0 Å². The van der Waals surface area contributed by atoms with Crippen molar-refractivity contribution in [3.8, 4) is 0 Å². The van der Waals surface area contributed by atoms with Crippen LogP contribution in [-0.2, 0) is 0 Å². The largest absolute Gasteiger partial charge is 0.337 e. The zero-order chi connectivity index (χ0) is 15.1. The van der Waals surface area contributed by atoms with Gasteiger partial charge in [0.25, 0.3) is 0 Å². The number of hydrogen-bond acceptors (Lipinski definition) is 5. The van der Waals surface area contributed by atoms with Crippen molar-refractivity contribution in [3.63, 3.8) is 0 Å². The second kappa shape index (κ2) is 4.96. The first-order valence-electron chi connectivity index (χ1n) is 6.43. The molecule has 0 bridgehead atoms. The minimum absolute atomic E-state index is 0.159.